The average Bonchev–Trinajstić information content (AvgIpc) is 2.93. The molecule has 2 unspecified atom stereocenters. The van der Waals surface area contributed by atoms with Gasteiger partial charge in [-0.05, 0) is 31.7 Å². The van der Waals surface area contributed by atoms with Gasteiger partial charge in [-0.3, -0.25) is 0 Å². The molecule has 1 N–H and O–H groups in total. The third-order valence-electron chi connectivity index (χ3n) is 5.70. The van der Waals surface area contributed by atoms with E-state index in [4.69, 9.17) is 11.6 Å². The van der Waals surface area contributed by atoms with Crippen molar-refractivity contribution in [3.63, 3.8) is 0 Å². The number of aromatic nitrogens is 1. The summed E-state index contributed by atoms with van der Waals surface area (Å²) in [6, 6.07) is -0.140. The summed E-state index contributed by atoms with van der Waals surface area (Å²) >= 11 is 6.01. The number of carbonyl (C=O) groups excluding carboxylic acids is 1. The molecule has 0 radical (unpaired) electrons. The van der Waals surface area contributed by atoms with E-state index >= 15 is 0 Å². The summed E-state index contributed by atoms with van der Waals surface area (Å²) in [5.41, 5.74) is -0.943. The topological polar surface area (TPSA) is 48.5 Å². The highest BCUT2D eigenvalue weighted by atomic mass is 35.5. The Labute approximate surface area is 180 Å². The molecule has 1 saturated heterocycles. The van der Waals surface area contributed by atoms with Crippen molar-refractivity contribution in [1.29, 1.82) is 0 Å². The van der Waals surface area contributed by atoms with Gasteiger partial charge in [0, 0.05) is 38.4 Å². The molecule has 1 aromatic rings. The summed E-state index contributed by atoms with van der Waals surface area (Å²) in [6.07, 6.45) is -6.72. The van der Waals surface area contributed by atoms with Gasteiger partial charge in [0.2, 0.25) is 0 Å². The molecule has 31 heavy (non-hydrogen) atoms. The van der Waals surface area contributed by atoms with Crippen LogP contribution in [0.15, 0.2) is 12.3 Å². The van der Waals surface area contributed by atoms with Crippen molar-refractivity contribution in [2.24, 2.45) is 5.92 Å². The van der Waals surface area contributed by atoms with Crippen LogP contribution >= 0.6 is 11.6 Å². The molecule has 0 bridgehead atoms. The van der Waals surface area contributed by atoms with Gasteiger partial charge in [0.1, 0.15) is 5.82 Å². The lowest BCUT2D eigenvalue weighted by Gasteiger charge is -2.32. The Balaban J connectivity index is 1.58. The molecule has 174 valence electrons. The van der Waals surface area contributed by atoms with Crippen LogP contribution in [-0.4, -0.2) is 54.3 Å². The van der Waals surface area contributed by atoms with E-state index in [0.29, 0.717) is 38.9 Å². The zero-order valence-corrected chi connectivity index (χ0v) is 17.3. The predicted molar refractivity (Wildman–Crippen MR) is 103 cm³/mol. The van der Waals surface area contributed by atoms with Crippen molar-refractivity contribution >= 4 is 23.4 Å². The number of nitrogens with zero attached hydrogens (tertiary/aromatic N) is 3. The number of urea groups is 1. The number of carbonyl (C=O) groups is 1. The molecule has 2 aliphatic rings. The summed E-state index contributed by atoms with van der Waals surface area (Å²) in [4.78, 5) is 19.7. The van der Waals surface area contributed by atoms with Crippen LogP contribution in [0.1, 0.15) is 37.7 Å². The van der Waals surface area contributed by atoms with Crippen molar-refractivity contribution < 1.29 is 31.1 Å². The van der Waals surface area contributed by atoms with Gasteiger partial charge in [-0.25, -0.2) is 9.78 Å². The summed E-state index contributed by atoms with van der Waals surface area (Å²) in [5, 5.41) is 2.58. The second kappa shape index (κ2) is 9.30. The monoisotopic (exact) mass is 472 g/mol. The summed E-state index contributed by atoms with van der Waals surface area (Å²) in [6.45, 7) is 1.35. The van der Waals surface area contributed by atoms with Crippen LogP contribution in [-0.2, 0) is 6.18 Å². The van der Waals surface area contributed by atoms with E-state index in [0.717, 1.165) is 12.3 Å². The lowest BCUT2D eigenvalue weighted by Crippen LogP contribution is -2.48. The van der Waals surface area contributed by atoms with Gasteiger partial charge in [-0.15, -0.1) is 0 Å². The molecule has 12 heteroatoms. The SMILES string of the molecule is O=C(NC1CCCC(C(F)(F)F)C1)N1CCCN(c2ncc(C(F)(F)F)cc2Cl)CC1. The summed E-state index contributed by atoms with van der Waals surface area (Å²) < 4.78 is 77.3. The van der Waals surface area contributed by atoms with Crippen LogP contribution in [0.25, 0.3) is 0 Å². The van der Waals surface area contributed by atoms with Gasteiger partial charge in [-0.1, -0.05) is 18.0 Å². The first-order chi connectivity index (χ1) is 14.4. The number of pyridine rings is 1. The maximum absolute atomic E-state index is 13.0. The maximum atomic E-state index is 13.0. The first-order valence-corrected chi connectivity index (χ1v) is 10.4. The number of amides is 2. The fourth-order valence-electron chi connectivity index (χ4n) is 4.03. The van der Waals surface area contributed by atoms with Crippen LogP contribution in [0.3, 0.4) is 0 Å². The number of hydrogen-bond donors (Lipinski definition) is 1. The number of hydrogen-bond acceptors (Lipinski definition) is 3. The lowest BCUT2D eigenvalue weighted by molar-refractivity contribution is -0.183. The predicted octanol–water partition coefficient (Wildman–Crippen LogP) is 5.10. The van der Waals surface area contributed by atoms with Crippen molar-refractivity contribution in [3.05, 3.63) is 22.8 Å². The lowest BCUT2D eigenvalue weighted by atomic mass is 9.85. The normalized spacial score (nSPS) is 23.5. The Kier molecular flexibility index (Phi) is 7.12. The minimum atomic E-state index is -4.55. The minimum absolute atomic E-state index is 0.0788. The third-order valence-corrected chi connectivity index (χ3v) is 5.97. The van der Waals surface area contributed by atoms with Gasteiger partial charge in [0.15, 0.2) is 0 Å². The summed E-state index contributed by atoms with van der Waals surface area (Å²) in [7, 11) is 0. The van der Waals surface area contributed by atoms with Crippen LogP contribution in [0, 0.1) is 5.92 Å². The van der Waals surface area contributed by atoms with E-state index in [-0.39, 0.29) is 30.2 Å². The molecule has 2 amide bonds. The van der Waals surface area contributed by atoms with E-state index in [1.807, 2.05) is 0 Å². The van der Waals surface area contributed by atoms with Gasteiger partial charge in [-0.2, -0.15) is 26.3 Å². The molecule has 1 aliphatic heterocycles. The molecule has 2 heterocycles. The first kappa shape index (κ1) is 23.7. The van der Waals surface area contributed by atoms with Gasteiger partial charge in [0.25, 0.3) is 0 Å². The molecular formula is C19H23ClF6N4O. The zero-order chi connectivity index (χ0) is 22.8. The summed E-state index contributed by atoms with van der Waals surface area (Å²) in [5.74, 6) is -1.20. The third kappa shape index (κ3) is 6.08. The second-order valence-electron chi connectivity index (χ2n) is 7.91. The largest absolute Gasteiger partial charge is 0.417 e. The molecule has 3 rings (SSSR count). The molecule has 1 saturated carbocycles. The van der Waals surface area contributed by atoms with Gasteiger partial charge >= 0.3 is 18.4 Å². The van der Waals surface area contributed by atoms with E-state index in [1.54, 1.807) is 4.90 Å². The van der Waals surface area contributed by atoms with Gasteiger partial charge in [0.05, 0.1) is 16.5 Å². The Morgan fingerprint density at radius 2 is 1.81 bits per heavy atom. The van der Waals surface area contributed by atoms with Crippen molar-refractivity contribution in [2.45, 2.75) is 50.5 Å². The smallest absolute Gasteiger partial charge is 0.354 e. The average molecular weight is 473 g/mol. The second-order valence-corrected chi connectivity index (χ2v) is 8.31. The Morgan fingerprint density at radius 1 is 1.06 bits per heavy atom. The van der Waals surface area contributed by atoms with Crippen LogP contribution < -0.4 is 10.2 Å². The quantitative estimate of drug-likeness (QED) is 0.609. The Bertz CT molecular complexity index is 788. The molecule has 0 spiro atoms. The Hall–Kier alpha value is -1.91. The van der Waals surface area contributed by atoms with E-state index in [2.05, 4.69) is 10.3 Å². The number of alkyl halides is 6. The standard InChI is InChI=1S/C19H23ClF6N4O/c20-15-10-13(19(24,25)26)11-27-16(15)29-5-2-6-30(8-7-29)17(31)28-14-4-1-3-12(9-14)18(21,22)23/h10-12,14H,1-9H2,(H,28,31). The van der Waals surface area contributed by atoms with Crippen LogP contribution in [0.5, 0.6) is 0 Å². The molecule has 5 nitrogen and oxygen atoms in total. The van der Waals surface area contributed by atoms with Crippen LogP contribution in [0.2, 0.25) is 5.02 Å². The molecule has 2 atom stereocenters. The number of halogens is 7. The van der Waals surface area contributed by atoms with Crippen molar-refractivity contribution in [3.8, 4) is 0 Å². The molecule has 2 fully saturated rings. The number of nitrogens with one attached hydrogen (secondary N) is 1. The molecule has 1 aliphatic carbocycles. The van der Waals surface area contributed by atoms with E-state index in [1.165, 1.54) is 4.90 Å². The zero-order valence-electron chi connectivity index (χ0n) is 16.6. The van der Waals surface area contributed by atoms with E-state index in [9.17, 15) is 31.1 Å². The Morgan fingerprint density at radius 3 is 2.45 bits per heavy atom. The van der Waals surface area contributed by atoms with Crippen molar-refractivity contribution in [2.75, 3.05) is 31.1 Å². The fraction of sp³-hybridized carbons (Fsp3) is 0.684. The highest BCUT2D eigenvalue weighted by Crippen LogP contribution is 2.37. The number of rotatable bonds is 2. The molecule has 0 aromatic carbocycles. The number of anilines is 1. The van der Waals surface area contributed by atoms with E-state index < -0.39 is 35.9 Å². The maximum Gasteiger partial charge on any atom is 0.417 e. The van der Waals surface area contributed by atoms with Crippen molar-refractivity contribution in [1.82, 2.24) is 15.2 Å². The minimum Gasteiger partial charge on any atom is -0.354 e. The highest BCUT2D eigenvalue weighted by Gasteiger charge is 2.42. The fourth-order valence-corrected chi connectivity index (χ4v) is 4.32. The molecule has 1 aromatic heterocycles. The van der Waals surface area contributed by atoms with Crippen LogP contribution in [0.4, 0.5) is 37.0 Å². The highest BCUT2D eigenvalue weighted by molar-refractivity contribution is 6.33. The van der Waals surface area contributed by atoms with Gasteiger partial charge < -0.3 is 15.1 Å². The molecular weight excluding hydrogens is 450 g/mol. The first-order valence-electron chi connectivity index (χ1n) is 10.0.